The van der Waals surface area contributed by atoms with Gasteiger partial charge in [0.15, 0.2) is 0 Å². The average Bonchev–Trinajstić information content (AvgIpc) is 2.68. The number of nitrogens with one attached hydrogen (secondary N) is 2. The van der Waals surface area contributed by atoms with Gasteiger partial charge in [-0.1, -0.05) is 67.4 Å². The van der Waals surface area contributed by atoms with Crippen LogP contribution in [-0.4, -0.2) is 18.4 Å². The second-order valence-corrected chi connectivity index (χ2v) is 6.39. The fraction of sp³-hybridized carbons (Fsp3) is 0.182. The summed E-state index contributed by atoms with van der Waals surface area (Å²) in [6.45, 7) is 2.61. The maximum atomic E-state index is 12.5. The molecule has 0 spiro atoms. The van der Waals surface area contributed by atoms with E-state index in [4.69, 9.17) is 11.6 Å². The summed E-state index contributed by atoms with van der Waals surface area (Å²) >= 11 is 5.90. The highest BCUT2D eigenvalue weighted by molar-refractivity contribution is 6.30. The van der Waals surface area contributed by atoms with Gasteiger partial charge in [-0.25, -0.2) is 0 Å². The molecule has 0 fully saturated rings. The van der Waals surface area contributed by atoms with E-state index in [1.54, 1.807) is 36.4 Å². The van der Waals surface area contributed by atoms with Gasteiger partial charge in [0, 0.05) is 17.6 Å². The lowest BCUT2D eigenvalue weighted by Gasteiger charge is -2.10. The summed E-state index contributed by atoms with van der Waals surface area (Å²) < 4.78 is 0. The second-order valence-electron chi connectivity index (χ2n) is 5.95. The van der Waals surface area contributed by atoms with Crippen molar-refractivity contribution in [1.29, 1.82) is 0 Å². The molecule has 140 valence electrons. The largest absolute Gasteiger partial charge is 0.351 e. The molecule has 0 saturated carbocycles. The van der Waals surface area contributed by atoms with Crippen molar-refractivity contribution in [1.82, 2.24) is 10.6 Å². The third-order valence-corrected chi connectivity index (χ3v) is 3.98. The molecule has 0 aromatic heterocycles. The van der Waals surface area contributed by atoms with Gasteiger partial charge >= 0.3 is 0 Å². The number of carbonyl (C=O) groups is 2. The van der Waals surface area contributed by atoms with E-state index in [9.17, 15) is 9.59 Å². The zero-order chi connectivity index (χ0) is 19.5. The molecule has 0 saturated heterocycles. The van der Waals surface area contributed by atoms with Crippen LogP contribution in [0.5, 0.6) is 0 Å². The summed E-state index contributed by atoms with van der Waals surface area (Å²) in [5.74, 6) is -0.690. The first-order chi connectivity index (χ1) is 13.1. The molecule has 4 nitrogen and oxygen atoms in total. The minimum atomic E-state index is -0.371. The van der Waals surface area contributed by atoms with E-state index in [2.05, 4.69) is 10.6 Å². The van der Waals surface area contributed by atoms with Crippen molar-refractivity contribution in [3.8, 4) is 0 Å². The van der Waals surface area contributed by atoms with Gasteiger partial charge in [0.25, 0.3) is 5.91 Å². The number of benzene rings is 2. The smallest absolute Gasteiger partial charge is 0.267 e. The van der Waals surface area contributed by atoms with Crippen LogP contribution in [0.15, 0.2) is 66.4 Å². The summed E-state index contributed by atoms with van der Waals surface area (Å²) in [7, 11) is 0. The maximum Gasteiger partial charge on any atom is 0.267 e. The fourth-order valence-corrected chi connectivity index (χ4v) is 2.39. The number of rotatable bonds is 8. The summed E-state index contributed by atoms with van der Waals surface area (Å²) in [5, 5.41) is 6.10. The second kappa shape index (κ2) is 11.0. The van der Waals surface area contributed by atoms with Crippen LogP contribution in [-0.2, 0) is 9.59 Å². The number of hydrogen-bond donors (Lipinski definition) is 2. The maximum absolute atomic E-state index is 12.5. The van der Waals surface area contributed by atoms with Gasteiger partial charge < -0.3 is 10.6 Å². The van der Waals surface area contributed by atoms with Crippen molar-refractivity contribution in [2.24, 2.45) is 0 Å². The van der Waals surface area contributed by atoms with Crippen LogP contribution in [0.3, 0.4) is 0 Å². The molecule has 2 rings (SSSR count). The molecule has 0 aliphatic carbocycles. The monoisotopic (exact) mass is 382 g/mol. The standard InChI is InChI=1S/C22H23ClN2O2/c1-2-3-15-24-22(27)20(16-18-9-12-19(23)13-10-18)25-21(26)14-11-17-7-5-4-6-8-17/h4-14,16H,2-3,15H2,1H3,(H,24,27)(H,25,26)/b14-11+,20-16-. The third kappa shape index (κ3) is 7.50. The Morgan fingerprint density at radius 1 is 1.00 bits per heavy atom. The Morgan fingerprint density at radius 2 is 1.70 bits per heavy atom. The van der Waals surface area contributed by atoms with Crippen molar-refractivity contribution >= 4 is 35.6 Å². The molecule has 0 atom stereocenters. The first-order valence-corrected chi connectivity index (χ1v) is 9.26. The lowest BCUT2D eigenvalue weighted by molar-refractivity contribution is -0.121. The van der Waals surface area contributed by atoms with E-state index in [0.717, 1.165) is 24.0 Å². The van der Waals surface area contributed by atoms with Gasteiger partial charge in [-0.2, -0.15) is 0 Å². The molecule has 0 unspecified atom stereocenters. The Balaban J connectivity index is 2.13. The quantitative estimate of drug-likeness (QED) is 0.524. The minimum absolute atomic E-state index is 0.191. The lowest BCUT2D eigenvalue weighted by atomic mass is 10.1. The molecule has 2 amide bonds. The summed E-state index contributed by atoms with van der Waals surface area (Å²) in [4.78, 5) is 24.7. The highest BCUT2D eigenvalue weighted by Crippen LogP contribution is 2.12. The van der Waals surface area contributed by atoms with E-state index >= 15 is 0 Å². The van der Waals surface area contributed by atoms with Gasteiger partial charge in [0.1, 0.15) is 5.70 Å². The molecule has 5 heteroatoms. The highest BCUT2D eigenvalue weighted by atomic mass is 35.5. The number of halogens is 1. The van der Waals surface area contributed by atoms with Crippen LogP contribution >= 0.6 is 11.6 Å². The van der Waals surface area contributed by atoms with Crippen LogP contribution < -0.4 is 10.6 Å². The predicted octanol–water partition coefficient (Wildman–Crippen LogP) is 4.43. The summed E-state index contributed by atoms with van der Waals surface area (Å²) in [5.41, 5.74) is 1.87. The van der Waals surface area contributed by atoms with E-state index < -0.39 is 0 Å². The molecule has 2 aromatic carbocycles. The molecular formula is C22H23ClN2O2. The first kappa shape index (κ1) is 20.5. The van der Waals surface area contributed by atoms with Crippen molar-refractivity contribution in [2.75, 3.05) is 6.54 Å². The van der Waals surface area contributed by atoms with Crippen molar-refractivity contribution in [2.45, 2.75) is 19.8 Å². The number of carbonyl (C=O) groups excluding carboxylic acids is 2. The highest BCUT2D eigenvalue weighted by Gasteiger charge is 2.11. The summed E-state index contributed by atoms with van der Waals surface area (Å²) in [6.07, 6.45) is 6.59. The van der Waals surface area contributed by atoms with Crippen LogP contribution in [0.4, 0.5) is 0 Å². The molecular weight excluding hydrogens is 360 g/mol. The Bertz CT molecular complexity index is 812. The first-order valence-electron chi connectivity index (χ1n) is 8.88. The predicted molar refractivity (Wildman–Crippen MR) is 111 cm³/mol. The van der Waals surface area contributed by atoms with Gasteiger partial charge in [-0.3, -0.25) is 9.59 Å². The molecule has 0 heterocycles. The van der Waals surface area contributed by atoms with E-state index in [1.807, 2.05) is 37.3 Å². The fourth-order valence-electron chi connectivity index (χ4n) is 2.27. The Labute approximate surface area is 164 Å². The topological polar surface area (TPSA) is 58.2 Å². The molecule has 0 aliphatic heterocycles. The normalized spacial score (nSPS) is 11.4. The number of hydrogen-bond acceptors (Lipinski definition) is 2. The van der Waals surface area contributed by atoms with E-state index in [1.165, 1.54) is 6.08 Å². The van der Waals surface area contributed by atoms with Gasteiger partial charge in [-0.05, 0) is 41.8 Å². The van der Waals surface area contributed by atoms with Crippen LogP contribution in [0.2, 0.25) is 5.02 Å². The van der Waals surface area contributed by atoms with E-state index in [-0.39, 0.29) is 17.5 Å². The van der Waals surface area contributed by atoms with Gasteiger partial charge in [-0.15, -0.1) is 0 Å². The Hall–Kier alpha value is -2.85. The van der Waals surface area contributed by atoms with Crippen molar-refractivity contribution in [3.05, 3.63) is 82.5 Å². The molecule has 27 heavy (non-hydrogen) atoms. The van der Waals surface area contributed by atoms with Crippen LogP contribution in [0.1, 0.15) is 30.9 Å². The number of unbranched alkanes of at least 4 members (excludes halogenated alkanes) is 1. The number of amides is 2. The zero-order valence-electron chi connectivity index (χ0n) is 15.2. The molecule has 0 radical (unpaired) electrons. The molecule has 2 aromatic rings. The Morgan fingerprint density at radius 3 is 2.37 bits per heavy atom. The van der Waals surface area contributed by atoms with Crippen LogP contribution in [0.25, 0.3) is 12.2 Å². The van der Waals surface area contributed by atoms with E-state index in [0.29, 0.717) is 11.6 Å². The lowest BCUT2D eigenvalue weighted by Crippen LogP contribution is -2.34. The van der Waals surface area contributed by atoms with Gasteiger partial charge in [0.05, 0.1) is 0 Å². The average molecular weight is 383 g/mol. The zero-order valence-corrected chi connectivity index (χ0v) is 16.0. The SMILES string of the molecule is CCCCNC(=O)/C(=C/c1ccc(Cl)cc1)NC(=O)/C=C/c1ccccc1. The molecule has 0 bridgehead atoms. The summed E-state index contributed by atoms with van der Waals surface area (Å²) in [6, 6.07) is 16.5. The minimum Gasteiger partial charge on any atom is -0.351 e. The van der Waals surface area contributed by atoms with Crippen molar-refractivity contribution < 1.29 is 9.59 Å². The van der Waals surface area contributed by atoms with Crippen molar-refractivity contribution in [3.63, 3.8) is 0 Å². The third-order valence-electron chi connectivity index (χ3n) is 3.73. The molecule has 2 N–H and O–H groups in total. The van der Waals surface area contributed by atoms with Gasteiger partial charge in [0.2, 0.25) is 5.91 Å². The Kier molecular flexibility index (Phi) is 8.33. The molecule has 0 aliphatic rings. The van der Waals surface area contributed by atoms with Crippen LogP contribution in [0, 0.1) is 0 Å².